The quantitative estimate of drug-likeness (QED) is 0.350. The van der Waals surface area contributed by atoms with Gasteiger partial charge in [0.05, 0.1) is 4.92 Å². The highest BCUT2D eigenvalue weighted by atomic mass is 16.6. The Balaban J connectivity index is 2.71. The van der Waals surface area contributed by atoms with E-state index in [4.69, 9.17) is 0 Å². The highest BCUT2D eigenvalue weighted by Gasteiger charge is 2.09. The fourth-order valence-corrected chi connectivity index (χ4v) is 1.35. The molecule has 0 saturated heterocycles. The Morgan fingerprint density at radius 1 is 1.47 bits per heavy atom. The van der Waals surface area contributed by atoms with Gasteiger partial charge in [0.25, 0.3) is 5.69 Å². The van der Waals surface area contributed by atoms with E-state index < -0.39 is 4.92 Å². The van der Waals surface area contributed by atoms with E-state index in [2.05, 4.69) is 9.98 Å². The van der Waals surface area contributed by atoms with E-state index in [1.165, 1.54) is 24.4 Å². The summed E-state index contributed by atoms with van der Waals surface area (Å²) in [5.41, 5.74) is 1.00. The zero-order chi connectivity index (χ0) is 10.8. The zero-order valence-electron chi connectivity index (χ0n) is 7.43. The molecule has 6 nitrogen and oxygen atoms in total. The van der Waals surface area contributed by atoms with E-state index in [1.807, 2.05) is 0 Å². The molecule has 2 rings (SSSR count). The number of isocyanates is 1. The van der Waals surface area contributed by atoms with Crippen molar-refractivity contribution in [2.45, 2.75) is 0 Å². The first kappa shape index (κ1) is 9.11. The third-order valence-corrected chi connectivity index (χ3v) is 2.02. The van der Waals surface area contributed by atoms with Crippen LogP contribution in [0.5, 0.6) is 0 Å². The monoisotopic (exact) mass is 203 g/mol. The number of non-ortho nitro benzene ring substituents is 1. The number of nitrogens with one attached hydrogen (secondary N) is 1. The van der Waals surface area contributed by atoms with Crippen LogP contribution >= 0.6 is 0 Å². The minimum absolute atomic E-state index is 0.0375. The summed E-state index contributed by atoms with van der Waals surface area (Å²) in [6.45, 7) is 0. The van der Waals surface area contributed by atoms with Gasteiger partial charge in [0, 0.05) is 29.2 Å². The van der Waals surface area contributed by atoms with Crippen molar-refractivity contribution in [3.63, 3.8) is 0 Å². The number of aromatic nitrogens is 1. The molecule has 0 spiro atoms. The molecule has 0 bridgehead atoms. The number of nitro benzene ring substituents is 1. The number of hydrogen-bond donors (Lipinski definition) is 1. The molecular weight excluding hydrogens is 198 g/mol. The number of fused-ring (bicyclic) bond motifs is 1. The molecule has 0 amide bonds. The molecule has 0 aliphatic carbocycles. The number of rotatable bonds is 2. The average molecular weight is 203 g/mol. The van der Waals surface area contributed by atoms with Crippen molar-refractivity contribution in [2.75, 3.05) is 0 Å². The van der Waals surface area contributed by atoms with Gasteiger partial charge in [0.2, 0.25) is 6.08 Å². The minimum atomic E-state index is -0.499. The smallest absolute Gasteiger partial charge is 0.270 e. The summed E-state index contributed by atoms with van der Waals surface area (Å²) in [7, 11) is 0. The summed E-state index contributed by atoms with van der Waals surface area (Å²) in [5.74, 6) is 0. The van der Waals surface area contributed by atoms with E-state index in [9.17, 15) is 14.9 Å². The molecule has 74 valence electrons. The van der Waals surface area contributed by atoms with Gasteiger partial charge < -0.3 is 4.98 Å². The van der Waals surface area contributed by atoms with Crippen LogP contribution < -0.4 is 0 Å². The summed E-state index contributed by atoms with van der Waals surface area (Å²) in [6, 6.07) is 4.31. The van der Waals surface area contributed by atoms with Gasteiger partial charge in [-0.3, -0.25) is 10.1 Å². The van der Waals surface area contributed by atoms with Crippen molar-refractivity contribution in [3.05, 3.63) is 34.5 Å². The topological polar surface area (TPSA) is 88.4 Å². The van der Waals surface area contributed by atoms with Crippen molar-refractivity contribution in [2.24, 2.45) is 4.99 Å². The Hall–Kier alpha value is -2.46. The van der Waals surface area contributed by atoms with Crippen molar-refractivity contribution in [1.29, 1.82) is 0 Å². The third-order valence-electron chi connectivity index (χ3n) is 2.02. The molecule has 1 aromatic heterocycles. The highest BCUT2D eigenvalue weighted by Crippen LogP contribution is 2.28. The lowest BCUT2D eigenvalue weighted by Gasteiger charge is -1.92. The first-order valence-electron chi connectivity index (χ1n) is 4.06. The maximum Gasteiger partial charge on any atom is 0.270 e. The third kappa shape index (κ3) is 1.49. The molecule has 0 aliphatic heterocycles. The van der Waals surface area contributed by atoms with Crippen LogP contribution in [-0.4, -0.2) is 16.0 Å². The number of hydrogen-bond acceptors (Lipinski definition) is 4. The average Bonchev–Trinajstić information content (AvgIpc) is 2.61. The lowest BCUT2D eigenvalue weighted by Crippen LogP contribution is -1.86. The van der Waals surface area contributed by atoms with Gasteiger partial charge in [-0.15, -0.1) is 0 Å². The Bertz CT molecular complexity index is 581. The van der Waals surface area contributed by atoms with Gasteiger partial charge in [-0.05, 0) is 6.07 Å². The second kappa shape index (κ2) is 3.36. The van der Waals surface area contributed by atoms with Crippen molar-refractivity contribution >= 4 is 28.4 Å². The van der Waals surface area contributed by atoms with Gasteiger partial charge in [-0.2, -0.15) is 4.99 Å². The van der Waals surface area contributed by atoms with E-state index in [-0.39, 0.29) is 5.69 Å². The standard InChI is InChI=1S/C9H5N3O3/c13-5-11-9-4-10-8-2-1-6(12(14)15)3-7(8)9/h1-4,10H. The van der Waals surface area contributed by atoms with Crippen LogP contribution in [0.15, 0.2) is 29.4 Å². The van der Waals surface area contributed by atoms with Gasteiger partial charge in [-0.1, -0.05) is 0 Å². The summed E-state index contributed by atoms with van der Waals surface area (Å²) >= 11 is 0. The number of benzene rings is 1. The molecule has 0 radical (unpaired) electrons. The number of aromatic amines is 1. The molecule has 2 aromatic rings. The number of aliphatic imine (C=N–C) groups is 1. The SMILES string of the molecule is O=C=Nc1c[nH]c2ccc([N+](=O)[O-])cc12. The first-order valence-corrected chi connectivity index (χ1v) is 4.06. The minimum Gasteiger partial charge on any atom is -0.359 e. The molecule has 0 saturated carbocycles. The Morgan fingerprint density at radius 2 is 2.27 bits per heavy atom. The molecule has 1 N–H and O–H groups in total. The van der Waals surface area contributed by atoms with Crippen LogP contribution in [-0.2, 0) is 4.79 Å². The molecule has 1 heterocycles. The Kier molecular flexibility index (Phi) is 2.04. The van der Waals surface area contributed by atoms with Crippen molar-refractivity contribution in [1.82, 2.24) is 4.98 Å². The molecule has 6 heteroatoms. The van der Waals surface area contributed by atoms with Crippen molar-refractivity contribution in [3.8, 4) is 0 Å². The molecule has 15 heavy (non-hydrogen) atoms. The Morgan fingerprint density at radius 3 is 2.93 bits per heavy atom. The molecular formula is C9H5N3O3. The highest BCUT2D eigenvalue weighted by molar-refractivity contribution is 5.93. The lowest BCUT2D eigenvalue weighted by atomic mass is 10.2. The fourth-order valence-electron chi connectivity index (χ4n) is 1.35. The lowest BCUT2D eigenvalue weighted by molar-refractivity contribution is -0.384. The summed E-state index contributed by atoms with van der Waals surface area (Å²) in [5, 5.41) is 11.1. The summed E-state index contributed by atoms with van der Waals surface area (Å²) < 4.78 is 0. The first-order chi connectivity index (χ1) is 7.22. The molecule has 0 atom stereocenters. The largest absolute Gasteiger partial charge is 0.359 e. The summed E-state index contributed by atoms with van der Waals surface area (Å²) in [4.78, 5) is 26.4. The molecule has 0 aliphatic rings. The second-order valence-corrected chi connectivity index (χ2v) is 2.86. The molecule has 0 fully saturated rings. The normalized spacial score (nSPS) is 9.87. The van der Waals surface area contributed by atoms with Crippen LogP contribution in [0.4, 0.5) is 11.4 Å². The summed E-state index contributed by atoms with van der Waals surface area (Å²) in [6.07, 6.45) is 2.90. The number of H-pyrrole nitrogens is 1. The van der Waals surface area contributed by atoms with Crippen LogP contribution in [0.3, 0.4) is 0 Å². The molecule has 0 unspecified atom stereocenters. The fraction of sp³-hybridized carbons (Fsp3) is 0. The van der Waals surface area contributed by atoms with Gasteiger partial charge in [0.15, 0.2) is 0 Å². The van der Waals surface area contributed by atoms with E-state index in [0.29, 0.717) is 16.6 Å². The van der Waals surface area contributed by atoms with E-state index in [1.54, 1.807) is 6.07 Å². The van der Waals surface area contributed by atoms with E-state index in [0.717, 1.165) is 0 Å². The zero-order valence-corrected chi connectivity index (χ0v) is 7.43. The van der Waals surface area contributed by atoms with Crippen LogP contribution in [0.25, 0.3) is 10.9 Å². The van der Waals surface area contributed by atoms with Crippen molar-refractivity contribution < 1.29 is 9.72 Å². The van der Waals surface area contributed by atoms with Crippen LogP contribution in [0.2, 0.25) is 0 Å². The predicted octanol–water partition coefficient (Wildman–Crippen LogP) is 2.04. The molecule has 1 aromatic carbocycles. The maximum atomic E-state index is 10.5. The van der Waals surface area contributed by atoms with Crippen LogP contribution in [0, 0.1) is 10.1 Å². The predicted molar refractivity (Wildman–Crippen MR) is 52.7 cm³/mol. The van der Waals surface area contributed by atoms with Crippen LogP contribution in [0.1, 0.15) is 0 Å². The number of nitro groups is 1. The van der Waals surface area contributed by atoms with Gasteiger partial charge in [0.1, 0.15) is 5.69 Å². The van der Waals surface area contributed by atoms with Gasteiger partial charge in [-0.25, -0.2) is 4.79 Å². The number of nitrogens with zero attached hydrogens (tertiary/aromatic N) is 2. The second-order valence-electron chi connectivity index (χ2n) is 2.86. The van der Waals surface area contributed by atoms with Gasteiger partial charge >= 0.3 is 0 Å². The Labute approximate surface area is 83.4 Å². The number of carbonyl (C=O) groups excluding carboxylic acids is 1. The maximum absolute atomic E-state index is 10.5. The van der Waals surface area contributed by atoms with E-state index >= 15 is 0 Å².